The molecule has 7 heteroatoms. The van der Waals surface area contributed by atoms with E-state index in [2.05, 4.69) is 5.32 Å². The average Bonchev–Trinajstić information content (AvgIpc) is 2.34. The lowest BCUT2D eigenvalue weighted by Gasteiger charge is -2.29. The van der Waals surface area contributed by atoms with Crippen molar-refractivity contribution >= 4 is 17.8 Å². The van der Waals surface area contributed by atoms with Crippen LogP contribution in [0.3, 0.4) is 0 Å². The molecule has 0 bridgehead atoms. The van der Waals surface area contributed by atoms with Crippen LogP contribution < -0.4 is 5.32 Å². The largest absolute Gasteiger partial charge is 0.480 e. The Kier molecular flexibility index (Phi) is 5.75. The van der Waals surface area contributed by atoms with Crippen molar-refractivity contribution in [2.24, 2.45) is 5.92 Å². The number of hydrogen-bond acceptors (Lipinski definition) is 4. The number of nitrogens with zero attached hydrogens (tertiary/aromatic N) is 2. The molecule has 1 fully saturated rings. The average molecular weight is 271 g/mol. The minimum atomic E-state index is -1.02. The van der Waals surface area contributed by atoms with E-state index in [0.717, 1.165) is 0 Å². The number of carboxylic acids is 1. The first kappa shape index (κ1) is 15.4. The second-order valence-electron chi connectivity index (χ2n) is 5.00. The summed E-state index contributed by atoms with van der Waals surface area (Å²) in [5.41, 5.74) is 0. The predicted molar refractivity (Wildman–Crippen MR) is 68.5 cm³/mol. The third kappa shape index (κ3) is 5.25. The van der Waals surface area contributed by atoms with E-state index in [-0.39, 0.29) is 24.3 Å². The van der Waals surface area contributed by atoms with Gasteiger partial charge in [-0.3, -0.25) is 14.4 Å². The predicted octanol–water partition coefficient (Wildman–Crippen LogP) is -1.01. The van der Waals surface area contributed by atoms with Crippen LogP contribution in [-0.2, 0) is 14.4 Å². The van der Waals surface area contributed by atoms with Gasteiger partial charge in [0.1, 0.15) is 6.54 Å². The highest BCUT2D eigenvalue weighted by Crippen LogP contribution is 2.14. The molecule has 2 N–H and O–H groups in total. The van der Waals surface area contributed by atoms with Crippen LogP contribution in [0.25, 0.3) is 0 Å². The number of likely N-dealkylation sites (N-methyl/N-ethyl adjacent to an activating group) is 1. The maximum atomic E-state index is 12.2. The summed E-state index contributed by atoms with van der Waals surface area (Å²) in [6.07, 6.45) is 0.813. The molecule has 0 radical (unpaired) electrons. The van der Waals surface area contributed by atoms with Gasteiger partial charge in [0.25, 0.3) is 0 Å². The van der Waals surface area contributed by atoms with Gasteiger partial charge >= 0.3 is 5.97 Å². The van der Waals surface area contributed by atoms with E-state index < -0.39 is 5.97 Å². The summed E-state index contributed by atoms with van der Waals surface area (Å²) >= 11 is 0. The van der Waals surface area contributed by atoms with E-state index in [0.29, 0.717) is 32.5 Å². The van der Waals surface area contributed by atoms with Crippen molar-refractivity contribution in [1.29, 1.82) is 0 Å². The molecule has 1 aliphatic rings. The maximum absolute atomic E-state index is 12.2. The van der Waals surface area contributed by atoms with E-state index >= 15 is 0 Å². The molecule has 1 heterocycles. The molecule has 19 heavy (non-hydrogen) atoms. The second kappa shape index (κ2) is 7.08. The van der Waals surface area contributed by atoms with Gasteiger partial charge < -0.3 is 20.2 Å². The highest BCUT2D eigenvalue weighted by molar-refractivity contribution is 5.86. The van der Waals surface area contributed by atoms with Crippen LogP contribution in [0, 0.1) is 5.92 Å². The van der Waals surface area contributed by atoms with Crippen LogP contribution in [0.15, 0.2) is 0 Å². The summed E-state index contributed by atoms with van der Waals surface area (Å²) in [4.78, 5) is 37.4. The number of hydrogen-bond donors (Lipinski definition) is 2. The van der Waals surface area contributed by atoms with Crippen LogP contribution in [0.4, 0.5) is 0 Å². The van der Waals surface area contributed by atoms with E-state index in [1.165, 1.54) is 4.90 Å². The smallest absolute Gasteiger partial charge is 0.323 e. The summed E-state index contributed by atoms with van der Waals surface area (Å²) in [6.45, 7) is 0.994. The highest BCUT2D eigenvalue weighted by Gasteiger charge is 2.29. The molecule has 1 rings (SSSR count). The molecular formula is C12H21N3O4. The molecule has 1 aliphatic heterocycles. The zero-order valence-corrected chi connectivity index (χ0v) is 11.4. The lowest BCUT2D eigenvalue weighted by atomic mass is 9.97. The third-order valence-corrected chi connectivity index (χ3v) is 3.07. The number of carbonyl (C=O) groups is 3. The molecule has 0 spiro atoms. The Morgan fingerprint density at radius 2 is 2.05 bits per heavy atom. The summed E-state index contributed by atoms with van der Waals surface area (Å²) in [7, 11) is 3.73. The van der Waals surface area contributed by atoms with Gasteiger partial charge in [-0.05, 0) is 20.5 Å². The number of amides is 2. The van der Waals surface area contributed by atoms with Crippen LogP contribution >= 0.6 is 0 Å². The van der Waals surface area contributed by atoms with Crippen LogP contribution in [0.1, 0.15) is 12.8 Å². The number of rotatable bonds is 6. The zero-order valence-electron chi connectivity index (χ0n) is 11.4. The molecular weight excluding hydrogens is 250 g/mol. The van der Waals surface area contributed by atoms with Crippen molar-refractivity contribution in [3.8, 4) is 0 Å². The van der Waals surface area contributed by atoms with Crippen molar-refractivity contribution in [1.82, 2.24) is 15.1 Å². The Hall–Kier alpha value is -1.63. The normalized spacial score (nSPS) is 19.1. The Morgan fingerprint density at radius 1 is 1.37 bits per heavy atom. The van der Waals surface area contributed by atoms with Gasteiger partial charge in [-0.2, -0.15) is 0 Å². The topological polar surface area (TPSA) is 90.0 Å². The maximum Gasteiger partial charge on any atom is 0.323 e. The molecule has 0 aromatic carbocycles. The highest BCUT2D eigenvalue weighted by atomic mass is 16.4. The fourth-order valence-corrected chi connectivity index (χ4v) is 1.95. The summed E-state index contributed by atoms with van der Waals surface area (Å²) in [6, 6.07) is 0. The summed E-state index contributed by atoms with van der Waals surface area (Å²) in [5.74, 6) is -1.57. The molecule has 0 aromatic rings. The SMILES string of the molecule is CN(C)CCN(CC(=O)O)C(=O)C1CCC(=O)NC1. The molecule has 1 saturated heterocycles. The molecule has 7 nitrogen and oxygen atoms in total. The summed E-state index contributed by atoms with van der Waals surface area (Å²) < 4.78 is 0. The Balaban J connectivity index is 2.59. The van der Waals surface area contributed by atoms with Gasteiger partial charge in [0.2, 0.25) is 11.8 Å². The molecule has 0 saturated carbocycles. The molecule has 2 amide bonds. The summed E-state index contributed by atoms with van der Waals surface area (Å²) in [5, 5.41) is 11.5. The molecule has 1 unspecified atom stereocenters. The lowest BCUT2D eigenvalue weighted by Crippen LogP contribution is -2.48. The van der Waals surface area contributed by atoms with Gasteiger partial charge in [-0.1, -0.05) is 0 Å². The van der Waals surface area contributed by atoms with Crippen molar-refractivity contribution in [2.45, 2.75) is 12.8 Å². The zero-order chi connectivity index (χ0) is 14.4. The van der Waals surface area contributed by atoms with Crippen molar-refractivity contribution < 1.29 is 19.5 Å². The minimum absolute atomic E-state index is 0.0536. The number of piperidine rings is 1. The number of aliphatic carboxylic acids is 1. The fourth-order valence-electron chi connectivity index (χ4n) is 1.95. The first-order valence-electron chi connectivity index (χ1n) is 6.32. The standard InChI is InChI=1S/C12H21N3O4/c1-14(2)5-6-15(8-11(17)18)12(19)9-3-4-10(16)13-7-9/h9H,3-8H2,1-2H3,(H,13,16)(H,17,18). The van der Waals surface area contributed by atoms with E-state index in [1.54, 1.807) is 0 Å². The molecule has 0 aliphatic carbocycles. The number of carboxylic acid groups (broad SMARTS) is 1. The Labute approximate surface area is 112 Å². The van der Waals surface area contributed by atoms with Gasteiger partial charge in [-0.15, -0.1) is 0 Å². The fraction of sp³-hybridized carbons (Fsp3) is 0.750. The first-order chi connectivity index (χ1) is 8.90. The van der Waals surface area contributed by atoms with Gasteiger partial charge in [0.05, 0.1) is 5.92 Å². The lowest BCUT2D eigenvalue weighted by molar-refractivity contribution is -0.147. The number of nitrogens with one attached hydrogen (secondary N) is 1. The quantitative estimate of drug-likeness (QED) is 0.646. The second-order valence-corrected chi connectivity index (χ2v) is 5.00. The third-order valence-electron chi connectivity index (χ3n) is 3.07. The van der Waals surface area contributed by atoms with Crippen LogP contribution in [0.2, 0.25) is 0 Å². The molecule has 1 atom stereocenters. The van der Waals surface area contributed by atoms with Crippen molar-refractivity contribution in [3.63, 3.8) is 0 Å². The van der Waals surface area contributed by atoms with Crippen LogP contribution in [0.5, 0.6) is 0 Å². The minimum Gasteiger partial charge on any atom is -0.480 e. The van der Waals surface area contributed by atoms with E-state index in [4.69, 9.17) is 5.11 Å². The monoisotopic (exact) mass is 271 g/mol. The van der Waals surface area contributed by atoms with E-state index in [1.807, 2.05) is 19.0 Å². The number of carbonyl (C=O) groups excluding carboxylic acids is 2. The van der Waals surface area contributed by atoms with Gasteiger partial charge in [0.15, 0.2) is 0 Å². The first-order valence-corrected chi connectivity index (χ1v) is 6.32. The van der Waals surface area contributed by atoms with E-state index in [9.17, 15) is 14.4 Å². The Morgan fingerprint density at radius 3 is 2.53 bits per heavy atom. The Bertz CT molecular complexity index is 347. The molecule has 108 valence electrons. The van der Waals surface area contributed by atoms with Gasteiger partial charge in [-0.25, -0.2) is 0 Å². The van der Waals surface area contributed by atoms with Crippen LogP contribution in [-0.4, -0.2) is 73.0 Å². The van der Waals surface area contributed by atoms with Crippen molar-refractivity contribution in [3.05, 3.63) is 0 Å². The van der Waals surface area contributed by atoms with Crippen molar-refractivity contribution in [2.75, 3.05) is 40.3 Å². The molecule has 0 aromatic heterocycles. The van der Waals surface area contributed by atoms with Gasteiger partial charge in [0, 0.05) is 26.1 Å².